The van der Waals surface area contributed by atoms with E-state index in [1.807, 2.05) is 38.2 Å². The fourth-order valence-corrected chi connectivity index (χ4v) is 5.02. The monoisotopic (exact) mass is 475 g/mol. The largest absolute Gasteiger partial charge is 0.462 e. The Kier molecular flexibility index (Phi) is 7.86. The van der Waals surface area contributed by atoms with Crippen LogP contribution in [0, 0.1) is 6.92 Å². The molecule has 0 saturated carbocycles. The molecule has 2 amide bonds. The van der Waals surface area contributed by atoms with Crippen molar-refractivity contribution in [1.82, 2.24) is 19.5 Å². The Hall–Kier alpha value is -2.92. The summed E-state index contributed by atoms with van der Waals surface area (Å²) < 4.78 is 6.96. The van der Waals surface area contributed by atoms with Crippen molar-refractivity contribution in [2.24, 2.45) is 0 Å². The Labute approximate surface area is 194 Å². The maximum Gasteiger partial charge on any atom is 0.341 e. The number of hydrogen-bond donors (Lipinski definition) is 1. The summed E-state index contributed by atoms with van der Waals surface area (Å²) in [5, 5.41) is 11.8. The molecule has 0 radical (unpaired) electrons. The van der Waals surface area contributed by atoms with E-state index in [4.69, 9.17) is 4.74 Å². The number of nitrogens with one attached hydrogen (secondary N) is 1. The van der Waals surface area contributed by atoms with Crippen molar-refractivity contribution < 1.29 is 19.1 Å². The normalized spacial score (nSPS) is 10.9. The number of esters is 1. The molecule has 3 aromatic rings. The van der Waals surface area contributed by atoms with Gasteiger partial charge in [0, 0.05) is 19.3 Å². The highest BCUT2D eigenvalue weighted by Gasteiger charge is 2.28. The molecule has 0 aliphatic carbocycles. The molecule has 9 nitrogen and oxygen atoms in total. The Morgan fingerprint density at radius 1 is 1.19 bits per heavy atom. The minimum atomic E-state index is -0.564. The smallest absolute Gasteiger partial charge is 0.341 e. The molecular formula is C21H25N5O4S2. The first-order valence-electron chi connectivity index (χ1n) is 10.2. The van der Waals surface area contributed by atoms with E-state index in [9.17, 15) is 14.4 Å². The van der Waals surface area contributed by atoms with Gasteiger partial charge in [0.2, 0.25) is 5.91 Å². The first-order chi connectivity index (χ1) is 15.4. The molecule has 0 bridgehead atoms. The second kappa shape index (κ2) is 10.6. The minimum Gasteiger partial charge on any atom is -0.462 e. The zero-order valence-electron chi connectivity index (χ0n) is 18.4. The lowest BCUT2D eigenvalue weighted by atomic mass is 10.1. The van der Waals surface area contributed by atoms with E-state index in [2.05, 4.69) is 15.5 Å². The maximum atomic E-state index is 12.9. The summed E-state index contributed by atoms with van der Waals surface area (Å²) in [6, 6.07) is 5.54. The Bertz CT molecular complexity index is 1140. The molecule has 3 heterocycles. The van der Waals surface area contributed by atoms with Gasteiger partial charge in [-0.2, -0.15) is 0 Å². The number of carbonyl (C=O) groups is 3. The molecule has 11 heteroatoms. The lowest BCUT2D eigenvalue weighted by Crippen LogP contribution is -2.30. The predicted octanol–water partition coefficient (Wildman–Crippen LogP) is 3.49. The van der Waals surface area contributed by atoms with Crippen LogP contribution in [-0.2, 0) is 9.53 Å². The van der Waals surface area contributed by atoms with Gasteiger partial charge in [-0.1, -0.05) is 17.8 Å². The maximum absolute atomic E-state index is 12.9. The SMILES string of the molecule is CCOC(=O)c1c(NC(=O)CSc2nnc3ccccn23)sc(C(=O)N(CC)CC)c1C. The predicted molar refractivity (Wildman–Crippen MR) is 125 cm³/mol. The number of carbonyl (C=O) groups excluding carboxylic acids is 3. The summed E-state index contributed by atoms with van der Waals surface area (Å²) in [4.78, 5) is 40.3. The van der Waals surface area contributed by atoms with E-state index >= 15 is 0 Å². The highest BCUT2D eigenvalue weighted by molar-refractivity contribution is 7.99. The number of thioether (sulfide) groups is 1. The summed E-state index contributed by atoms with van der Waals surface area (Å²) in [7, 11) is 0. The number of nitrogens with zero attached hydrogens (tertiary/aromatic N) is 4. The van der Waals surface area contributed by atoms with Crippen molar-refractivity contribution in [1.29, 1.82) is 0 Å². The molecule has 0 aliphatic heterocycles. The highest BCUT2D eigenvalue weighted by atomic mass is 32.2. The number of aromatic nitrogens is 3. The van der Waals surface area contributed by atoms with E-state index in [-0.39, 0.29) is 29.7 Å². The summed E-state index contributed by atoms with van der Waals surface area (Å²) >= 11 is 2.32. The van der Waals surface area contributed by atoms with Crippen LogP contribution in [0.15, 0.2) is 29.6 Å². The molecule has 0 saturated heterocycles. The third kappa shape index (κ3) is 4.94. The lowest BCUT2D eigenvalue weighted by Gasteiger charge is -2.18. The molecule has 0 atom stereocenters. The number of amides is 2. The van der Waals surface area contributed by atoms with Gasteiger partial charge in [-0.05, 0) is 45.4 Å². The average molecular weight is 476 g/mol. The molecule has 0 aromatic carbocycles. The van der Waals surface area contributed by atoms with Crippen LogP contribution < -0.4 is 5.32 Å². The summed E-state index contributed by atoms with van der Waals surface area (Å²) in [5.41, 5.74) is 1.42. The van der Waals surface area contributed by atoms with Crippen molar-refractivity contribution in [3.8, 4) is 0 Å². The number of ether oxygens (including phenoxy) is 1. The fraction of sp³-hybridized carbons (Fsp3) is 0.381. The van der Waals surface area contributed by atoms with Gasteiger partial charge in [0.05, 0.1) is 22.8 Å². The minimum absolute atomic E-state index is 0.0637. The van der Waals surface area contributed by atoms with Crippen molar-refractivity contribution in [3.05, 3.63) is 40.4 Å². The molecule has 1 N–H and O–H groups in total. The number of rotatable bonds is 9. The van der Waals surface area contributed by atoms with Gasteiger partial charge in [0.25, 0.3) is 5.91 Å². The first kappa shape index (κ1) is 23.7. The van der Waals surface area contributed by atoms with Gasteiger partial charge in [-0.25, -0.2) is 4.79 Å². The second-order valence-electron chi connectivity index (χ2n) is 6.71. The molecular weight excluding hydrogens is 450 g/mol. The number of pyridine rings is 1. The van der Waals surface area contributed by atoms with Crippen LogP contribution in [0.25, 0.3) is 5.65 Å². The molecule has 0 spiro atoms. The standard InChI is InChI=1S/C21H25N5O4S2/c1-5-25(6-2)19(28)17-13(4)16(20(29)30-7-3)18(32-17)22-15(27)12-31-21-24-23-14-10-8-9-11-26(14)21/h8-11H,5-7,12H2,1-4H3,(H,22,27). The van der Waals surface area contributed by atoms with Crippen LogP contribution in [0.2, 0.25) is 0 Å². The van der Waals surface area contributed by atoms with Gasteiger partial charge in [0.1, 0.15) is 5.00 Å². The second-order valence-corrected chi connectivity index (χ2v) is 8.67. The van der Waals surface area contributed by atoms with E-state index in [1.165, 1.54) is 11.8 Å². The van der Waals surface area contributed by atoms with Gasteiger partial charge in [-0.15, -0.1) is 21.5 Å². The van der Waals surface area contributed by atoms with Crippen LogP contribution in [0.4, 0.5) is 5.00 Å². The Morgan fingerprint density at radius 2 is 1.94 bits per heavy atom. The lowest BCUT2D eigenvalue weighted by molar-refractivity contribution is -0.113. The molecule has 3 aromatic heterocycles. The van der Waals surface area contributed by atoms with Crippen molar-refractivity contribution in [3.63, 3.8) is 0 Å². The van der Waals surface area contributed by atoms with Gasteiger partial charge in [-0.3, -0.25) is 14.0 Å². The van der Waals surface area contributed by atoms with Gasteiger partial charge >= 0.3 is 5.97 Å². The summed E-state index contributed by atoms with van der Waals surface area (Å²) in [5.74, 6) is -0.996. The van der Waals surface area contributed by atoms with E-state index in [0.717, 1.165) is 11.3 Å². The van der Waals surface area contributed by atoms with Crippen LogP contribution in [0.3, 0.4) is 0 Å². The topological polar surface area (TPSA) is 106 Å². The van der Waals surface area contributed by atoms with Crippen molar-refractivity contribution in [2.75, 3.05) is 30.8 Å². The molecule has 170 valence electrons. The average Bonchev–Trinajstić information content (AvgIpc) is 3.34. The molecule has 0 unspecified atom stereocenters. The van der Waals surface area contributed by atoms with Crippen LogP contribution >= 0.6 is 23.1 Å². The summed E-state index contributed by atoms with van der Waals surface area (Å²) in [6.07, 6.45) is 1.82. The number of anilines is 1. The van der Waals surface area contributed by atoms with Crippen LogP contribution in [-0.4, -0.2) is 62.7 Å². The number of thiophene rings is 1. The zero-order valence-corrected chi connectivity index (χ0v) is 20.0. The third-order valence-electron chi connectivity index (χ3n) is 4.74. The molecule has 0 fully saturated rings. The zero-order chi connectivity index (χ0) is 23.3. The molecule has 3 rings (SSSR count). The molecule has 0 aliphatic rings. The first-order valence-corrected chi connectivity index (χ1v) is 12.0. The van der Waals surface area contributed by atoms with Crippen molar-refractivity contribution >= 4 is 51.5 Å². The van der Waals surface area contributed by atoms with E-state index in [0.29, 0.717) is 39.3 Å². The van der Waals surface area contributed by atoms with E-state index in [1.54, 1.807) is 23.1 Å². The van der Waals surface area contributed by atoms with Gasteiger partial charge in [0.15, 0.2) is 10.8 Å². The summed E-state index contributed by atoms with van der Waals surface area (Å²) in [6.45, 7) is 8.48. The Morgan fingerprint density at radius 3 is 2.62 bits per heavy atom. The number of hydrogen-bond acceptors (Lipinski definition) is 8. The quantitative estimate of drug-likeness (QED) is 0.373. The fourth-order valence-electron chi connectivity index (χ4n) is 3.12. The van der Waals surface area contributed by atoms with Gasteiger partial charge < -0.3 is 15.0 Å². The van der Waals surface area contributed by atoms with Crippen molar-refractivity contribution in [2.45, 2.75) is 32.9 Å². The van der Waals surface area contributed by atoms with E-state index < -0.39 is 5.97 Å². The van der Waals surface area contributed by atoms with Crippen LogP contribution in [0.1, 0.15) is 46.4 Å². The molecule has 32 heavy (non-hydrogen) atoms. The third-order valence-corrected chi connectivity index (χ3v) is 6.88. The van der Waals surface area contributed by atoms with Crippen LogP contribution in [0.5, 0.6) is 0 Å². The Balaban J connectivity index is 1.81. The highest BCUT2D eigenvalue weighted by Crippen LogP contribution is 2.35. The number of fused-ring (bicyclic) bond motifs is 1.